The molecule has 0 radical (unpaired) electrons. The van der Waals surface area contributed by atoms with Gasteiger partial charge >= 0.3 is 0 Å². The fourth-order valence-electron chi connectivity index (χ4n) is 8.92. The Morgan fingerprint density at radius 2 is 1.87 bits per heavy atom. The first-order chi connectivity index (χ1) is 26.6. The van der Waals surface area contributed by atoms with Crippen LogP contribution >= 0.6 is 11.6 Å². The van der Waals surface area contributed by atoms with Gasteiger partial charge in [-0.2, -0.15) is 4.98 Å². The topological polar surface area (TPSA) is 113 Å². The minimum atomic E-state index is -1.56. The highest BCUT2D eigenvalue weighted by Crippen LogP contribution is 2.47. The van der Waals surface area contributed by atoms with Crippen molar-refractivity contribution >= 4 is 34.2 Å². The van der Waals surface area contributed by atoms with E-state index in [0.717, 1.165) is 94.4 Å². The van der Waals surface area contributed by atoms with Crippen LogP contribution in [0.3, 0.4) is 0 Å². The molecule has 3 aliphatic heterocycles. The summed E-state index contributed by atoms with van der Waals surface area (Å²) in [6.45, 7) is 15.2. The normalized spacial score (nSPS) is 30.1. The standard InChI is InChI=1S/C42H57ClN6O5S/c1-6-8-31-21-35(43)12-13-36(31)34-24-49-23-33-10-14-37(33)42(52-5,27-48-19-17-47(18-20-48)25-40-44-30(4)45-54-40)16-7-9-28(2)29(3)55(51)46-41(50)32-11-15-39(53-26-34)38(49)22-32/h7,11-13,15-16,21-22,28-29,33-34,37H,6,8-10,14,17-20,23-27H2,1-5H3,(H,46,50)/b16-7+. The number of amides is 1. The lowest BCUT2D eigenvalue weighted by Gasteiger charge is -2.52. The number of allylic oxidation sites excluding steroid dienone is 1. The average molecular weight is 793 g/mol. The molecule has 3 aromatic rings. The number of methoxy groups -OCH3 is 1. The van der Waals surface area contributed by atoms with E-state index in [4.69, 9.17) is 25.6 Å². The number of aromatic nitrogens is 2. The summed E-state index contributed by atoms with van der Waals surface area (Å²) < 4.78 is 35.1. The first-order valence-electron chi connectivity index (χ1n) is 20.0. The number of aryl methyl sites for hydroxylation is 2. The predicted octanol–water partition coefficient (Wildman–Crippen LogP) is 6.57. The van der Waals surface area contributed by atoms with Gasteiger partial charge in [0.2, 0.25) is 5.89 Å². The van der Waals surface area contributed by atoms with Crippen molar-refractivity contribution in [2.24, 2.45) is 17.8 Å². The van der Waals surface area contributed by atoms with Crippen molar-refractivity contribution in [2.45, 2.75) is 83.1 Å². The van der Waals surface area contributed by atoms with E-state index in [1.807, 2.05) is 39.2 Å². The number of anilines is 1. The number of piperazine rings is 1. The predicted molar refractivity (Wildman–Crippen MR) is 217 cm³/mol. The molecule has 1 aliphatic carbocycles. The molecule has 1 N–H and O–H groups in total. The van der Waals surface area contributed by atoms with Crippen LogP contribution in [0, 0.1) is 24.7 Å². The van der Waals surface area contributed by atoms with Gasteiger partial charge < -0.3 is 18.9 Å². The summed E-state index contributed by atoms with van der Waals surface area (Å²) in [5.41, 5.74) is 3.40. The molecule has 298 valence electrons. The Kier molecular flexibility index (Phi) is 12.7. The molecule has 55 heavy (non-hydrogen) atoms. The number of nitrogens with zero attached hydrogens (tertiary/aromatic N) is 5. The van der Waals surface area contributed by atoms with Crippen LogP contribution < -0.4 is 14.4 Å². The Labute approximate surface area is 333 Å². The van der Waals surface area contributed by atoms with E-state index in [-0.39, 0.29) is 28.9 Å². The fourth-order valence-corrected chi connectivity index (χ4v) is 10.1. The number of hydrogen-bond acceptors (Lipinski definition) is 10. The van der Waals surface area contributed by atoms with E-state index in [2.05, 4.69) is 67.7 Å². The molecule has 7 atom stereocenters. The maximum atomic E-state index is 13.6. The van der Waals surface area contributed by atoms with Gasteiger partial charge in [-0.1, -0.05) is 55.2 Å². The highest BCUT2D eigenvalue weighted by Gasteiger charge is 2.48. The van der Waals surface area contributed by atoms with Crippen LogP contribution in [0.15, 0.2) is 53.1 Å². The van der Waals surface area contributed by atoms with E-state index < -0.39 is 16.6 Å². The molecule has 4 heterocycles. The smallest absolute Gasteiger partial charge is 0.263 e. The number of nitrogens with one attached hydrogen (secondary N) is 1. The lowest BCUT2D eigenvalue weighted by Crippen LogP contribution is -2.58. The lowest BCUT2D eigenvalue weighted by molar-refractivity contribution is -0.0957. The number of halogens is 1. The monoisotopic (exact) mass is 792 g/mol. The third kappa shape index (κ3) is 8.99. The zero-order valence-corrected chi connectivity index (χ0v) is 34.5. The Morgan fingerprint density at radius 3 is 2.58 bits per heavy atom. The molecule has 4 aliphatic rings. The van der Waals surface area contributed by atoms with Crippen LogP contribution in [0.5, 0.6) is 5.75 Å². The van der Waals surface area contributed by atoms with Crippen molar-refractivity contribution < 1.29 is 23.0 Å². The van der Waals surface area contributed by atoms with Crippen LogP contribution in [0.4, 0.5) is 5.69 Å². The van der Waals surface area contributed by atoms with Gasteiger partial charge in [0.05, 0.1) is 24.1 Å². The minimum absolute atomic E-state index is 0.0762. The van der Waals surface area contributed by atoms with Gasteiger partial charge in [0.25, 0.3) is 5.91 Å². The fraction of sp³-hybridized carbons (Fsp3) is 0.595. The number of rotatable bonds is 8. The minimum Gasteiger partial charge on any atom is -0.491 e. The summed E-state index contributed by atoms with van der Waals surface area (Å²) in [6.07, 6.45) is 9.41. The molecular formula is C42H57ClN6O5S. The number of ether oxygens (including phenoxy) is 2. The summed E-state index contributed by atoms with van der Waals surface area (Å²) >= 11 is 6.51. The second-order valence-electron chi connectivity index (χ2n) is 16.1. The van der Waals surface area contributed by atoms with Crippen molar-refractivity contribution in [3.63, 3.8) is 0 Å². The van der Waals surface area contributed by atoms with Gasteiger partial charge in [-0.15, -0.1) is 0 Å². The SMILES string of the molecule is CCCc1cc(Cl)ccc1C1COc2ccc3cc2N(C1)CC1CCC1C(CN1CCN(Cc2nc(C)no2)CC1)(OC)/C=C/CC(C)C(C)S(=O)NC3=O. The third-order valence-corrected chi connectivity index (χ3v) is 14.3. The molecule has 7 unspecified atom stereocenters. The molecule has 11 nitrogen and oxygen atoms in total. The highest BCUT2D eigenvalue weighted by atomic mass is 35.5. The van der Waals surface area contributed by atoms with E-state index in [1.54, 1.807) is 6.07 Å². The first-order valence-corrected chi connectivity index (χ1v) is 21.6. The largest absolute Gasteiger partial charge is 0.491 e. The number of carbonyl (C=O) groups excluding carboxylic acids is 1. The maximum absolute atomic E-state index is 13.6. The summed E-state index contributed by atoms with van der Waals surface area (Å²) in [4.78, 5) is 25.4. The van der Waals surface area contributed by atoms with E-state index in [0.29, 0.717) is 36.3 Å². The first kappa shape index (κ1) is 39.9. The third-order valence-electron chi connectivity index (χ3n) is 12.5. The number of carbonyl (C=O) groups is 1. The zero-order valence-electron chi connectivity index (χ0n) is 33.0. The molecule has 1 saturated carbocycles. The molecule has 7 rings (SSSR count). The van der Waals surface area contributed by atoms with Crippen molar-refractivity contribution in [1.29, 1.82) is 0 Å². The van der Waals surface area contributed by atoms with Gasteiger partial charge in [-0.3, -0.25) is 19.3 Å². The zero-order chi connectivity index (χ0) is 38.7. The van der Waals surface area contributed by atoms with Crippen LogP contribution in [0.25, 0.3) is 0 Å². The summed E-state index contributed by atoms with van der Waals surface area (Å²) in [5, 5.41) is 4.47. The van der Waals surface area contributed by atoms with E-state index >= 15 is 0 Å². The second-order valence-corrected chi connectivity index (χ2v) is 18.1. The van der Waals surface area contributed by atoms with Gasteiger partial charge in [-0.05, 0) is 98.7 Å². The van der Waals surface area contributed by atoms with Crippen LogP contribution in [0.2, 0.25) is 5.02 Å². The maximum Gasteiger partial charge on any atom is 0.263 e. The molecule has 1 amide bonds. The van der Waals surface area contributed by atoms with Crippen molar-refractivity contribution in [2.75, 3.05) is 64.4 Å². The molecule has 13 heteroatoms. The van der Waals surface area contributed by atoms with Crippen molar-refractivity contribution in [3.8, 4) is 5.75 Å². The summed E-state index contributed by atoms with van der Waals surface area (Å²) in [5.74, 6) is 2.56. The molecule has 2 fully saturated rings. The molecule has 1 aromatic heterocycles. The molecule has 1 saturated heterocycles. The number of fused-ring (bicyclic) bond motifs is 2. The Morgan fingerprint density at radius 1 is 1.07 bits per heavy atom. The molecule has 2 aromatic carbocycles. The highest BCUT2D eigenvalue weighted by molar-refractivity contribution is 7.84. The Bertz CT molecular complexity index is 1860. The lowest BCUT2D eigenvalue weighted by atomic mass is 9.63. The van der Waals surface area contributed by atoms with Gasteiger partial charge in [-0.25, -0.2) is 4.21 Å². The van der Waals surface area contributed by atoms with Gasteiger partial charge in [0.15, 0.2) is 5.82 Å². The average Bonchev–Trinajstić information content (AvgIpc) is 3.48. The summed E-state index contributed by atoms with van der Waals surface area (Å²) in [7, 11) is 0.308. The Balaban J connectivity index is 1.20. The molecule has 0 spiro atoms. The van der Waals surface area contributed by atoms with Gasteiger partial charge in [0.1, 0.15) is 22.3 Å². The number of hydrogen-bond donors (Lipinski definition) is 1. The van der Waals surface area contributed by atoms with Crippen LogP contribution in [-0.2, 0) is 28.7 Å². The quantitative estimate of drug-likeness (QED) is 0.252. The van der Waals surface area contributed by atoms with Gasteiger partial charge in [0, 0.05) is 69.4 Å². The molecular weight excluding hydrogens is 736 g/mol. The van der Waals surface area contributed by atoms with E-state index in [1.165, 1.54) is 11.1 Å². The molecule has 2 bridgehead atoms. The van der Waals surface area contributed by atoms with Crippen LogP contribution in [-0.4, -0.2) is 100 Å². The van der Waals surface area contributed by atoms with Crippen LogP contribution in [0.1, 0.15) is 85.6 Å². The number of benzene rings is 2. The summed E-state index contributed by atoms with van der Waals surface area (Å²) in [6, 6.07) is 11.9. The second kappa shape index (κ2) is 17.5. The van der Waals surface area contributed by atoms with Crippen molar-refractivity contribution in [1.82, 2.24) is 24.7 Å². The van der Waals surface area contributed by atoms with Crippen molar-refractivity contribution in [3.05, 3.63) is 82.0 Å². The Hall–Kier alpha value is -3.29. The van der Waals surface area contributed by atoms with E-state index in [9.17, 15) is 9.00 Å².